The van der Waals surface area contributed by atoms with E-state index in [4.69, 9.17) is 17.3 Å². The molecule has 0 bridgehead atoms. The second-order valence-corrected chi connectivity index (χ2v) is 3.50. The predicted molar refractivity (Wildman–Crippen MR) is 54.3 cm³/mol. The summed E-state index contributed by atoms with van der Waals surface area (Å²) in [7, 11) is 0. The molecule has 0 heterocycles. The molecule has 0 aliphatic carbocycles. The summed E-state index contributed by atoms with van der Waals surface area (Å²) >= 11 is 5.76. The van der Waals surface area contributed by atoms with Gasteiger partial charge in [-0.15, -0.1) is 0 Å². The number of carbonyl (C=O) groups excluding carboxylic acids is 1. The number of nitrogens with two attached hydrogens (primary N) is 1. The van der Waals surface area contributed by atoms with E-state index < -0.39 is 5.82 Å². The molecular weight excluding hydrogens is 205 g/mol. The number of carbonyl (C=O) groups is 1. The minimum absolute atomic E-state index is 0.139. The first-order chi connectivity index (χ1) is 6.49. The van der Waals surface area contributed by atoms with E-state index in [-0.39, 0.29) is 22.9 Å². The predicted octanol–water partition coefficient (Wildman–Crippen LogP) is 2.24. The minimum atomic E-state index is -0.436. The van der Waals surface area contributed by atoms with Crippen molar-refractivity contribution in [3.63, 3.8) is 0 Å². The molecular formula is C10H11ClFNO. The summed E-state index contributed by atoms with van der Waals surface area (Å²) in [5.74, 6) is -0.738. The van der Waals surface area contributed by atoms with Crippen molar-refractivity contribution in [2.75, 3.05) is 6.54 Å². The van der Waals surface area contributed by atoms with Gasteiger partial charge in [-0.25, -0.2) is 4.39 Å². The highest BCUT2D eigenvalue weighted by molar-refractivity contribution is 6.31. The Bertz CT molecular complexity index is 390. The topological polar surface area (TPSA) is 43.1 Å². The molecule has 0 amide bonds. The van der Waals surface area contributed by atoms with E-state index in [0.717, 1.165) is 0 Å². The Kier molecular flexibility index (Phi) is 3.24. The van der Waals surface area contributed by atoms with Crippen molar-refractivity contribution in [2.45, 2.75) is 13.8 Å². The van der Waals surface area contributed by atoms with E-state index in [9.17, 15) is 9.18 Å². The third-order valence-corrected chi connectivity index (χ3v) is 2.57. The van der Waals surface area contributed by atoms with Crippen molar-refractivity contribution >= 4 is 17.4 Å². The molecule has 0 aliphatic heterocycles. The molecule has 0 aliphatic rings. The highest BCUT2D eigenvalue weighted by atomic mass is 35.5. The van der Waals surface area contributed by atoms with E-state index >= 15 is 0 Å². The molecule has 1 aromatic rings. The normalized spacial score (nSPS) is 10.4. The first kappa shape index (κ1) is 11.1. The van der Waals surface area contributed by atoms with Gasteiger partial charge >= 0.3 is 0 Å². The Morgan fingerprint density at radius 3 is 2.57 bits per heavy atom. The summed E-state index contributed by atoms with van der Waals surface area (Å²) in [6.07, 6.45) is 0. The van der Waals surface area contributed by atoms with E-state index in [1.807, 2.05) is 0 Å². The highest BCUT2D eigenvalue weighted by Gasteiger charge is 2.15. The van der Waals surface area contributed by atoms with Crippen molar-refractivity contribution in [3.05, 3.63) is 33.6 Å². The molecule has 0 saturated carbocycles. The monoisotopic (exact) mass is 215 g/mol. The Morgan fingerprint density at radius 2 is 2.07 bits per heavy atom. The smallest absolute Gasteiger partial charge is 0.176 e. The van der Waals surface area contributed by atoms with Crippen LogP contribution in [0.2, 0.25) is 5.02 Å². The Labute approximate surface area is 86.9 Å². The van der Waals surface area contributed by atoms with Crippen molar-refractivity contribution in [3.8, 4) is 0 Å². The van der Waals surface area contributed by atoms with Gasteiger partial charge in [0.25, 0.3) is 0 Å². The number of halogens is 2. The lowest BCUT2D eigenvalue weighted by molar-refractivity contribution is 0.100. The molecule has 0 unspecified atom stereocenters. The van der Waals surface area contributed by atoms with Gasteiger partial charge in [-0.2, -0.15) is 0 Å². The summed E-state index contributed by atoms with van der Waals surface area (Å²) in [6.45, 7) is 2.97. The van der Waals surface area contributed by atoms with Gasteiger partial charge in [0.1, 0.15) is 5.82 Å². The fourth-order valence-electron chi connectivity index (χ4n) is 1.25. The molecule has 0 fully saturated rings. The largest absolute Gasteiger partial charge is 0.324 e. The molecule has 0 saturated heterocycles. The van der Waals surface area contributed by atoms with Crippen molar-refractivity contribution in [2.24, 2.45) is 5.73 Å². The maximum Gasteiger partial charge on any atom is 0.176 e. The lowest BCUT2D eigenvalue weighted by Gasteiger charge is -2.08. The number of hydrogen-bond acceptors (Lipinski definition) is 2. The van der Waals surface area contributed by atoms with Gasteiger partial charge < -0.3 is 5.73 Å². The fourth-order valence-corrected chi connectivity index (χ4v) is 1.44. The zero-order valence-corrected chi connectivity index (χ0v) is 8.78. The Balaban J connectivity index is 3.40. The number of ketones is 1. The SMILES string of the molecule is Cc1c(Cl)cc(C(=O)CN)c(C)c1F. The molecule has 2 N–H and O–H groups in total. The first-order valence-corrected chi connectivity index (χ1v) is 4.55. The molecule has 1 rings (SSSR count). The van der Waals surface area contributed by atoms with Crippen LogP contribution in [0.3, 0.4) is 0 Å². The number of Topliss-reactive ketones (excluding diaryl/α,β-unsaturated/α-hetero) is 1. The van der Waals surface area contributed by atoms with Crippen LogP contribution in [0.15, 0.2) is 6.07 Å². The third kappa shape index (κ3) is 1.79. The van der Waals surface area contributed by atoms with Gasteiger partial charge in [0.15, 0.2) is 5.78 Å². The van der Waals surface area contributed by atoms with Crippen LogP contribution < -0.4 is 5.73 Å². The van der Waals surface area contributed by atoms with Gasteiger partial charge in [-0.05, 0) is 25.5 Å². The molecule has 0 aromatic heterocycles. The summed E-state index contributed by atoms with van der Waals surface area (Å²) in [4.78, 5) is 11.3. The molecule has 14 heavy (non-hydrogen) atoms. The van der Waals surface area contributed by atoms with Gasteiger partial charge in [-0.1, -0.05) is 11.6 Å². The number of benzene rings is 1. The number of hydrogen-bond donors (Lipinski definition) is 1. The van der Waals surface area contributed by atoms with Crippen LogP contribution in [0.25, 0.3) is 0 Å². The molecule has 0 spiro atoms. The molecule has 0 atom stereocenters. The van der Waals surface area contributed by atoms with Crippen LogP contribution in [-0.2, 0) is 0 Å². The average Bonchev–Trinajstić information content (AvgIpc) is 2.19. The maximum absolute atomic E-state index is 13.5. The molecule has 1 aromatic carbocycles. The molecule has 76 valence electrons. The Morgan fingerprint density at radius 1 is 1.50 bits per heavy atom. The van der Waals surface area contributed by atoms with Crippen LogP contribution in [0.4, 0.5) is 4.39 Å². The quantitative estimate of drug-likeness (QED) is 0.769. The Hall–Kier alpha value is -0.930. The number of rotatable bonds is 2. The van der Waals surface area contributed by atoms with E-state index in [0.29, 0.717) is 11.1 Å². The third-order valence-electron chi connectivity index (χ3n) is 2.18. The van der Waals surface area contributed by atoms with Crippen molar-refractivity contribution in [1.82, 2.24) is 0 Å². The lowest BCUT2D eigenvalue weighted by atomic mass is 10.0. The molecule has 4 heteroatoms. The second kappa shape index (κ2) is 4.07. The zero-order valence-electron chi connectivity index (χ0n) is 8.03. The fraction of sp³-hybridized carbons (Fsp3) is 0.300. The van der Waals surface area contributed by atoms with E-state index in [2.05, 4.69) is 0 Å². The van der Waals surface area contributed by atoms with Crippen LogP contribution in [0.1, 0.15) is 21.5 Å². The van der Waals surface area contributed by atoms with Crippen LogP contribution in [0, 0.1) is 19.7 Å². The van der Waals surface area contributed by atoms with Crippen molar-refractivity contribution in [1.29, 1.82) is 0 Å². The van der Waals surface area contributed by atoms with Gasteiger partial charge in [0.05, 0.1) is 6.54 Å². The van der Waals surface area contributed by atoms with E-state index in [1.54, 1.807) is 13.8 Å². The van der Waals surface area contributed by atoms with Crippen molar-refractivity contribution < 1.29 is 9.18 Å². The average molecular weight is 216 g/mol. The van der Waals surface area contributed by atoms with E-state index in [1.165, 1.54) is 6.07 Å². The van der Waals surface area contributed by atoms with Gasteiger partial charge in [0.2, 0.25) is 0 Å². The summed E-state index contributed by atoms with van der Waals surface area (Å²) in [6, 6.07) is 1.46. The molecule has 2 nitrogen and oxygen atoms in total. The summed E-state index contributed by atoms with van der Waals surface area (Å²) < 4.78 is 13.5. The van der Waals surface area contributed by atoms with Crippen LogP contribution in [0.5, 0.6) is 0 Å². The van der Waals surface area contributed by atoms with Crippen LogP contribution in [-0.4, -0.2) is 12.3 Å². The summed E-state index contributed by atoms with van der Waals surface area (Å²) in [5.41, 5.74) is 6.13. The van der Waals surface area contributed by atoms with Gasteiger partial charge in [-0.3, -0.25) is 4.79 Å². The van der Waals surface area contributed by atoms with Gasteiger partial charge in [0, 0.05) is 16.1 Å². The highest BCUT2D eigenvalue weighted by Crippen LogP contribution is 2.24. The first-order valence-electron chi connectivity index (χ1n) is 4.17. The second-order valence-electron chi connectivity index (χ2n) is 3.10. The maximum atomic E-state index is 13.5. The van der Waals surface area contributed by atoms with Crippen LogP contribution >= 0.6 is 11.6 Å². The molecule has 0 radical (unpaired) electrons. The zero-order chi connectivity index (χ0) is 10.9. The minimum Gasteiger partial charge on any atom is -0.324 e. The lowest BCUT2D eigenvalue weighted by Crippen LogP contribution is -2.15. The summed E-state index contributed by atoms with van der Waals surface area (Å²) in [5, 5.41) is 0.255. The standard InChI is InChI=1S/C10H11ClFNO/c1-5-7(9(14)4-13)3-8(11)6(2)10(5)12/h3H,4,13H2,1-2H3.